The molecular formula is C22H38N8O10. The van der Waals surface area contributed by atoms with Gasteiger partial charge in [0.05, 0.1) is 18.6 Å². The fraction of sp³-hybridized carbons (Fsp3) is 0.636. The molecule has 0 rings (SSSR count). The van der Waals surface area contributed by atoms with E-state index in [1.54, 1.807) is 0 Å². The first-order chi connectivity index (χ1) is 18.4. The zero-order chi connectivity index (χ0) is 31.3. The van der Waals surface area contributed by atoms with Crippen LogP contribution >= 0.6 is 0 Å². The third kappa shape index (κ3) is 13.0. The summed E-state index contributed by atoms with van der Waals surface area (Å²) in [5.41, 5.74) is 15.7. The molecule has 226 valence electrons. The predicted molar refractivity (Wildman–Crippen MR) is 136 cm³/mol. The monoisotopic (exact) mass is 574 g/mol. The highest BCUT2D eigenvalue weighted by Gasteiger charge is 2.34. The van der Waals surface area contributed by atoms with Crippen LogP contribution in [0.15, 0.2) is 0 Å². The van der Waals surface area contributed by atoms with Gasteiger partial charge in [-0.3, -0.25) is 38.4 Å². The Morgan fingerprint density at radius 1 is 0.650 bits per heavy atom. The molecule has 0 saturated carbocycles. The lowest BCUT2D eigenvalue weighted by Gasteiger charge is -2.27. The van der Waals surface area contributed by atoms with Gasteiger partial charge in [-0.2, -0.15) is 0 Å². The number of carboxylic acids is 1. The fourth-order valence-electron chi connectivity index (χ4n) is 2.97. The molecule has 13 N–H and O–H groups in total. The van der Waals surface area contributed by atoms with Crippen LogP contribution in [0, 0.1) is 0 Å². The van der Waals surface area contributed by atoms with Crippen LogP contribution in [0.3, 0.4) is 0 Å². The Labute approximate surface area is 229 Å². The van der Waals surface area contributed by atoms with Gasteiger partial charge in [0.25, 0.3) is 0 Å². The van der Waals surface area contributed by atoms with E-state index < -0.39 is 96.1 Å². The fourth-order valence-corrected chi connectivity index (χ4v) is 2.97. The van der Waals surface area contributed by atoms with Crippen molar-refractivity contribution in [2.24, 2.45) is 17.2 Å². The van der Waals surface area contributed by atoms with Gasteiger partial charge in [0, 0.05) is 6.42 Å². The molecule has 7 atom stereocenters. The molecule has 0 radical (unpaired) electrons. The molecule has 0 aromatic heterocycles. The SMILES string of the molecule is C[C@H](N)C(=O)N[C@@H](C)C(=O)N[C@@H](CC(N)=O)C(=O)N[C@H](C(=O)N[C@@H](CCC(N)=O)C(=O)N[C@@H](C)C(=O)O)[C@@H](C)O. The van der Waals surface area contributed by atoms with Crippen LogP contribution in [-0.2, 0) is 38.4 Å². The Hall–Kier alpha value is -4.32. The molecule has 0 spiro atoms. The molecule has 0 bridgehead atoms. The number of nitrogens with one attached hydrogen (secondary N) is 5. The summed E-state index contributed by atoms with van der Waals surface area (Å²) < 4.78 is 0. The van der Waals surface area contributed by atoms with Crippen molar-refractivity contribution >= 4 is 47.3 Å². The highest BCUT2D eigenvalue weighted by atomic mass is 16.4. The molecule has 0 unspecified atom stereocenters. The van der Waals surface area contributed by atoms with Crippen LogP contribution in [0.4, 0.5) is 0 Å². The molecule has 40 heavy (non-hydrogen) atoms. The Kier molecular flexibility index (Phi) is 14.8. The molecule has 7 amide bonds. The maximum absolute atomic E-state index is 12.9. The summed E-state index contributed by atoms with van der Waals surface area (Å²) in [6.07, 6.45) is -3.03. The molecule has 18 heteroatoms. The summed E-state index contributed by atoms with van der Waals surface area (Å²) >= 11 is 0. The molecule has 0 fully saturated rings. The lowest BCUT2D eigenvalue weighted by molar-refractivity contribution is -0.142. The number of carboxylic acid groups (broad SMARTS) is 1. The average Bonchev–Trinajstić information content (AvgIpc) is 2.83. The van der Waals surface area contributed by atoms with E-state index in [1.165, 1.54) is 13.8 Å². The molecule has 0 saturated heterocycles. The number of nitrogens with two attached hydrogens (primary N) is 3. The molecule has 0 aliphatic rings. The molecule has 0 aromatic carbocycles. The third-order valence-corrected chi connectivity index (χ3v) is 5.31. The van der Waals surface area contributed by atoms with Crippen molar-refractivity contribution in [1.29, 1.82) is 0 Å². The predicted octanol–water partition coefficient (Wildman–Crippen LogP) is -5.60. The Bertz CT molecular complexity index is 987. The normalized spacial score (nSPS) is 15.9. The topological polar surface area (TPSA) is 315 Å². The quantitative estimate of drug-likeness (QED) is 0.0780. The molecular weight excluding hydrogens is 536 g/mol. The van der Waals surface area contributed by atoms with Crippen molar-refractivity contribution in [3.05, 3.63) is 0 Å². The standard InChI is InChI=1S/C22H38N8O10/c1-8(23)17(34)26-9(2)18(35)29-13(7-15(25)33)20(37)30-16(11(4)31)21(38)28-12(5-6-14(24)32)19(36)27-10(3)22(39)40/h8-13,16,31H,5-7,23H2,1-4H3,(H2,24,32)(H2,25,33)(H,26,34)(H,27,36)(H,28,38)(H,29,35)(H,30,37)(H,39,40)/t8-,9-,10-,11+,12-,13-,16-/m0/s1. The lowest BCUT2D eigenvalue weighted by Crippen LogP contribution is -2.61. The van der Waals surface area contributed by atoms with Gasteiger partial charge in [-0.25, -0.2) is 0 Å². The molecule has 0 heterocycles. The zero-order valence-electron chi connectivity index (χ0n) is 22.6. The second-order valence-corrected chi connectivity index (χ2v) is 9.11. The van der Waals surface area contributed by atoms with Crippen LogP contribution in [-0.4, -0.2) is 99.9 Å². The number of aliphatic hydroxyl groups is 1. The summed E-state index contributed by atoms with van der Waals surface area (Å²) in [4.78, 5) is 96.4. The highest BCUT2D eigenvalue weighted by Crippen LogP contribution is 2.04. The zero-order valence-corrected chi connectivity index (χ0v) is 22.6. The number of primary amides is 2. The number of aliphatic hydroxyl groups excluding tert-OH is 1. The van der Waals surface area contributed by atoms with E-state index in [1.807, 2.05) is 0 Å². The molecule has 0 aliphatic carbocycles. The van der Waals surface area contributed by atoms with E-state index in [2.05, 4.69) is 26.6 Å². The van der Waals surface area contributed by atoms with Crippen LogP contribution in [0.2, 0.25) is 0 Å². The first kappa shape index (κ1) is 35.7. The Morgan fingerprint density at radius 3 is 1.60 bits per heavy atom. The maximum atomic E-state index is 12.9. The van der Waals surface area contributed by atoms with Gasteiger partial charge >= 0.3 is 5.97 Å². The number of hydrogen-bond acceptors (Lipinski definition) is 10. The minimum Gasteiger partial charge on any atom is -0.480 e. The maximum Gasteiger partial charge on any atom is 0.325 e. The molecule has 0 aliphatic heterocycles. The van der Waals surface area contributed by atoms with Crippen LogP contribution < -0.4 is 43.8 Å². The van der Waals surface area contributed by atoms with Crippen LogP contribution in [0.1, 0.15) is 47.0 Å². The summed E-state index contributed by atoms with van der Waals surface area (Å²) in [5.74, 6) is -8.02. The van der Waals surface area contributed by atoms with E-state index in [9.17, 15) is 43.5 Å². The first-order valence-electron chi connectivity index (χ1n) is 12.1. The van der Waals surface area contributed by atoms with Gasteiger partial charge in [-0.05, 0) is 34.1 Å². The number of carbonyl (C=O) groups excluding carboxylic acids is 7. The number of rotatable bonds is 17. The highest BCUT2D eigenvalue weighted by molar-refractivity contribution is 5.98. The lowest BCUT2D eigenvalue weighted by atomic mass is 10.1. The van der Waals surface area contributed by atoms with E-state index in [4.69, 9.17) is 22.3 Å². The summed E-state index contributed by atoms with van der Waals surface area (Å²) in [7, 11) is 0. The van der Waals surface area contributed by atoms with Crippen LogP contribution in [0.25, 0.3) is 0 Å². The minimum atomic E-state index is -1.75. The van der Waals surface area contributed by atoms with E-state index in [0.29, 0.717) is 0 Å². The van der Waals surface area contributed by atoms with Gasteiger partial charge in [-0.15, -0.1) is 0 Å². The van der Waals surface area contributed by atoms with Gasteiger partial charge in [0.15, 0.2) is 0 Å². The number of amides is 7. The third-order valence-electron chi connectivity index (χ3n) is 5.31. The average molecular weight is 575 g/mol. The summed E-state index contributed by atoms with van der Waals surface area (Å²) in [6.45, 7) is 4.92. The van der Waals surface area contributed by atoms with E-state index in [0.717, 1.165) is 13.8 Å². The van der Waals surface area contributed by atoms with Gasteiger partial charge < -0.3 is 54.0 Å². The van der Waals surface area contributed by atoms with Crippen LogP contribution in [0.5, 0.6) is 0 Å². The van der Waals surface area contributed by atoms with Crippen molar-refractivity contribution in [2.75, 3.05) is 0 Å². The number of hydrogen-bond donors (Lipinski definition) is 10. The van der Waals surface area contributed by atoms with Gasteiger partial charge in [0.2, 0.25) is 41.4 Å². The van der Waals surface area contributed by atoms with Gasteiger partial charge in [0.1, 0.15) is 30.2 Å². The Morgan fingerprint density at radius 2 is 1.15 bits per heavy atom. The van der Waals surface area contributed by atoms with Crippen molar-refractivity contribution in [3.8, 4) is 0 Å². The van der Waals surface area contributed by atoms with E-state index in [-0.39, 0.29) is 12.8 Å². The molecule has 18 nitrogen and oxygen atoms in total. The largest absolute Gasteiger partial charge is 0.480 e. The smallest absolute Gasteiger partial charge is 0.325 e. The van der Waals surface area contributed by atoms with Crippen molar-refractivity contribution in [3.63, 3.8) is 0 Å². The second-order valence-electron chi connectivity index (χ2n) is 9.11. The second kappa shape index (κ2) is 16.6. The minimum absolute atomic E-state index is 0.342. The number of carbonyl (C=O) groups is 8. The Balaban J connectivity index is 5.74. The van der Waals surface area contributed by atoms with Crippen molar-refractivity contribution in [2.45, 2.75) is 89.3 Å². The molecule has 0 aromatic rings. The summed E-state index contributed by atoms with van der Waals surface area (Å²) in [6, 6.07) is -8.36. The summed E-state index contributed by atoms with van der Waals surface area (Å²) in [5, 5.41) is 30.1. The van der Waals surface area contributed by atoms with Crippen molar-refractivity contribution < 1.29 is 48.6 Å². The van der Waals surface area contributed by atoms with E-state index >= 15 is 0 Å². The van der Waals surface area contributed by atoms with Crippen molar-refractivity contribution in [1.82, 2.24) is 26.6 Å². The number of aliphatic carboxylic acids is 1. The first-order valence-corrected chi connectivity index (χ1v) is 12.1. The van der Waals surface area contributed by atoms with Gasteiger partial charge in [-0.1, -0.05) is 0 Å².